The van der Waals surface area contributed by atoms with E-state index in [0.717, 1.165) is 5.56 Å². The molecule has 4 heteroatoms. The summed E-state index contributed by atoms with van der Waals surface area (Å²) in [6.07, 6.45) is 0. The Labute approximate surface area is 115 Å². The van der Waals surface area contributed by atoms with Gasteiger partial charge in [0, 0.05) is 17.6 Å². The summed E-state index contributed by atoms with van der Waals surface area (Å²) in [5, 5.41) is 9.38. The van der Waals surface area contributed by atoms with Gasteiger partial charge in [-0.25, -0.2) is 9.18 Å². The summed E-state index contributed by atoms with van der Waals surface area (Å²) in [4.78, 5) is 11.5. The Balaban J connectivity index is 2.08. The zero-order valence-electron chi connectivity index (χ0n) is 10.7. The van der Waals surface area contributed by atoms with Crippen molar-refractivity contribution in [1.82, 2.24) is 0 Å². The highest BCUT2D eigenvalue weighted by Gasteiger charge is 2.03. The number of ether oxygens (including phenoxy) is 1. The molecule has 1 N–H and O–H groups in total. The van der Waals surface area contributed by atoms with E-state index in [2.05, 4.69) is 11.8 Å². The molecule has 2 aromatic rings. The van der Waals surface area contributed by atoms with E-state index < -0.39 is 5.97 Å². The topological polar surface area (TPSA) is 46.5 Å². The second kappa shape index (κ2) is 5.89. The van der Waals surface area contributed by atoms with Crippen molar-refractivity contribution >= 4 is 5.97 Å². The number of aryl methyl sites for hydroxylation is 1. The van der Waals surface area contributed by atoms with Gasteiger partial charge in [0.1, 0.15) is 17.3 Å². The van der Waals surface area contributed by atoms with Crippen LogP contribution in [-0.2, 0) is 4.79 Å². The fourth-order valence-corrected chi connectivity index (χ4v) is 1.58. The third-order valence-electron chi connectivity index (χ3n) is 2.40. The van der Waals surface area contributed by atoms with Gasteiger partial charge in [-0.3, -0.25) is 0 Å². The molecular weight excluding hydrogens is 259 g/mol. The van der Waals surface area contributed by atoms with Crippen molar-refractivity contribution in [3.63, 3.8) is 0 Å². The van der Waals surface area contributed by atoms with Crippen LogP contribution in [0.2, 0.25) is 0 Å². The number of phenolic OH excluding ortho intramolecular Hbond substituents is 1. The van der Waals surface area contributed by atoms with E-state index in [1.165, 1.54) is 30.3 Å². The highest BCUT2D eigenvalue weighted by atomic mass is 19.1. The number of hydrogen-bond acceptors (Lipinski definition) is 3. The van der Waals surface area contributed by atoms with Crippen LogP contribution < -0.4 is 4.74 Å². The van der Waals surface area contributed by atoms with Gasteiger partial charge in [-0.1, -0.05) is 5.92 Å². The molecule has 0 fully saturated rings. The van der Waals surface area contributed by atoms with Crippen LogP contribution in [0, 0.1) is 24.6 Å². The lowest BCUT2D eigenvalue weighted by molar-refractivity contribution is -0.128. The molecule has 3 nitrogen and oxygen atoms in total. The maximum atomic E-state index is 12.7. The van der Waals surface area contributed by atoms with Gasteiger partial charge in [-0.2, -0.15) is 0 Å². The molecular formula is C16H11FO3. The first-order valence-corrected chi connectivity index (χ1v) is 5.83. The Morgan fingerprint density at radius 2 is 1.90 bits per heavy atom. The van der Waals surface area contributed by atoms with E-state index in [4.69, 9.17) is 4.74 Å². The normalized spacial score (nSPS) is 9.50. The molecule has 0 spiro atoms. The lowest BCUT2D eigenvalue weighted by Crippen LogP contribution is -2.04. The number of phenols is 1. The molecule has 0 radical (unpaired) electrons. The van der Waals surface area contributed by atoms with Gasteiger partial charge >= 0.3 is 5.97 Å². The third kappa shape index (κ3) is 3.85. The SMILES string of the molecule is Cc1cc(O)cc(OC(=O)C#Cc2ccc(F)cc2)c1. The van der Waals surface area contributed by atoms with Gasteiger partial charge < -0.3 is 9.84 Å². The fourth-order valence-electron chi connectivity index (χ4n) is 1.58. The van der Waals surface area contributed by atoms with Crippen molar-refractivity contribution in [2.75, 3.05) is 0 Å². The van der Waals surface area contributed by atoms with Crippen LogP contribution in [0.1, 0.15) is 11.1 Å². The number of aromatic hydroxyl groups is 1. The molecule has 0 saturated heterocycles. The molecule has 2 aromatic carbocycles. The van der Waals surface area contributed by atoms with Gasteiger partial charge in [0.25, 0.3) is 0 Å². The van der Waals surface area contributed by atoms with Crippen molar-refractivity contribution in [1.29, 1.82) is 0 Å². The molecule has 0 amide bonds. The minimum absolute atomic E-state index is 0.0132. The second-order valence-electron chi connectivity index (χ2n) is 4.15. The summed E-state index contributed by atoms with van der Waals surface area (Å²) >= 11 is 0. The monoisotopic (exact) mass is 270 g/mol. The minimum Gasteiger partial charge on any atom is -0.508 e. The van der Waals surface area contributed by atoms with Crippen LogP contribution in [0.4, 0.5) is 4.39 Å². The number of carbonyl (C=O) groups excluding carboxylic acids is 1. The van der Waals surface area contributed by atoms with Crippen LogP contribution in [-0.4, -0.2) is 11.1 Å². The van der Waals surface area contributed by atoms with Gasteiger partial charge in [0.15, 0.2) is 0 Å². The van der Waals surface area contributed by atoms with Gasteiger partial charge in [-0.15, -0.1) is 0 Å². The van der Waals surface area contributed by atoms with Crippen LogP contribution in [0.5, 0.6) is 11.5 Å². The van der Waals surface area contributed by atoms with Crippen molar-refractivity contribution in [2.45, 2.75) is 6.92 Å². The third-order valence-corrected chi connectivity index (χ3v) is 2.40. The molecule has 0 aliphatic carbocycles. The molecule has 0 saturated carbocycles. The summed E-state index contributed by atoms with van der Waals surface area (Å²) < 4.78 is 17.7. The van der Waals surface area contributed by atoms with E-state index in [9.17, 15) is 14.3 Å². The number of carbonyl (C=O) groups is 1. The highest BCUT2D eigenvalue weighted by Crippen LogP contribution is 2.21. The highest BCUT2D eigenvalue weighted by molar-refractivity contribution is 5.90. The quantitative estimate of drug-likeness (QED) is 0.492. The number of esters is 1. The fraction of sp³-hybridized carbons (Fsp3) is 0.0625. The average molecular weight is 270 g/mol. The Bertz CT molecular complexity index is 674. The summed E-state index contributed by atoms with van der Waals surface area (Å²) in [5.41, 5.74) is 1.27. The zero-order valence-corrected chi connectivity index (χ0v) is 10.7. The number of benzene rings is 2. The second-order valence-corrected chi connectivity index (χ2v) is 4.15. The van der Waals surface area contributed by atoms with E-state index in [1.54, 1.807) is 19.1 Å². The average Bonchev–Trinajstić information content (AvgIpc) is 2.37. The molecule has 0 bridgehead atoms. The van der Waals surface area contributed by atoms with Gasteiger partial charge in [0.05, 0.1) is 0 Å². The predicted molar refractivity (Wildman–Crippen MR) is 71.8 cm³/mol. The molecule has 0 aliphatic rings. The first-order valence-electron chi connectivity index (χ1n) is 5.83. The van der Waals surface area contributed by atoms with Crippen LogP contribution in [0.15, 0.2) is 42.5 Å². The maximum Gasteiger partial charge on any atom is 0.390 e. The standard InChI is InChI=1S/C16H11FO3/c1-11-8-14(18)10-15(9-11)20-16(19)7-4-12-2-5-13(17)6-3-12/h2-3,5-6,8-10,18H,1H3. The summed E-state index contributed by atoms with van der Waals surface area (Å²) in [5.74, 6) is 3.98. The first-order chi connectivity index (χ1) is 9.52. The summed E-state index contributed by atoms with van der Waals surface area (Å²) in [7, 11) is 0. The minimum atomic E-state index is -0.751. The summed E-state index contributed by atoms with van der Waals surface area (Å²) in [6, 6.07) is 9.92. The van der Waals surface area contributed by atoms with Crippen LogP contribution in [0.25, 0.3) is 0 Å². The molecule has 0 heterocycles. The molecule has 0 aliphatic heterocycles. The summed E-state index contributed by atoms with van der Waals surface area (Å²) in [6.45, 7) is 1.77. The molecule has 0 unspecified atom stereocenters. The van der Waals surface area contributed by atoms with Gasteiger partial charge in [-0.05, 0) is 48.9 Å². The Morgan fingerprint density at radius 1 is 1.20 bits per heavy atom. The van der Waals surface area contributed by atoms with Crippen LogP contribution >= 0.6 is 0 Å². The number of hydrogen-bond donors (Lipinski definition) is 1. The lowest BCUT2D eigenvalue weighted by atomic mass is 10.2. The van der Waals surface area contributed by atoms with Gasteiger partial charge in [0.2, 0.25) is 0 Å². The van der Waals surface area contributed by atoms with Crippen LogP contribution in [0.3, 0.4) is 0 Å². The van der Waals surface area contributed by atoms with Crippen molar-refractivity contribution < 1.29 is 19.0 Å². The van der Waals surface area contributed by atoms with E-state index in [0.29, 0.717) is 5.56 Å². The molecule has 0 aromatic heterocycles. The molecule has 2 rings (SSSR count). The van der Waals surface area contributed by atoms with Crippen molar-refractivity contribution in [2.24, 2.45) is 0 Å². The van der Waals surface area contributed by atoms with Crippen molar-refractivity contribution in [3.8, 4) is 23.3 Å². The number of halogens is 1. The largest absolute Gasteiger partial charge is 0.508 e. The predicted octanol–water partition coefficient (Wildman–Crippen LogP) is 2.80. The van der Waals surface area contributed by atoms with E-state index >= 15 is 0 Å². The smallest absolute Gasteiger partial charge is 0.390 e. The first kappa shape index (κ1) is 13.6. The Kier molecular flexibility index (Phi) is 4.02. The lowest BCUT2D eigenvalue weighted by Gasteiger charge is -2.02. The zero-order chi connectivity index (χ0) is 14.5. The number of rotatable bonds is 1. The Hall–Kier alpha value is -2.80. The maximum absolute atomic E-state index is 12.7. The Morgan fingerprint density at radius 3 is 2.55 bits per heavy atom. The van der Waals surface area contributed by atoms with E-state index in [-0.39, 0.29) is 17.3 Å². The molecule has 100 valence electrons. The molecule has 0 atom stereocenters. The van der Waals surface area contributed by atoms with E-state index in [1.807, 2.05) is 0 Å². The van der Waals surface area contributed by atoms with Crippen molar-refractivity contribution in [3.05, 3.63) is 59.4 Å². The molecule has 20 heavy (non-hydrogen) atoms.